The fraction of sp³-hybridized carbons (Fsp3) is 0.290. The smallest absolute Gasteiger partial charge is 0.444 e. The number of alkyl halides is 3. The molecule has 1 aliphatic rings. The summed E-state index contributed by atoms with van der Waals surface area (Å²) in [6, 6.07) is 20.0. The van der Waals surface area contributed by atoms with Crippen LogP contribution < -0.4 is 0 Å². The van der Waals surface area contributed by atoms with Crippen molar-refractivity contribution in [3.05, 3.63) is 114 Å². The SMILES string of the molecule is [CH2]c1ccccc1C(=O)C(C(OC1CCCCO1)c1ccccc1)N(C(=O)OCc1ccccc1)C(=O)C(F)(F)F. The highest BCUT2D eigenvalue weighted by atomic mass is 19.4. The molecular formula is C31H29F3NO6. The average molecular weight is 569 g/mol. The van der Waals surface area contributed by atoms with E-state index in [1.165, 1.54) is 30.3 Å². The number of hydrogen-bond donors (Lipinski definition) is 0. The van der Waals surface area contributed by atoms with Crippen LogP contribution in [-0.4, -0.2) is 47.8 Å². The van der Waals surface area contributed by atoms with E-state index < -0.39 is 49.0 Å². The molecule has 0 aromatic heterocycles. The molecule has 3 atom stereocenters. The van der Waals surface area contributed by atoms with E-state index in [9.17, 15) is 27.6 Å². The summed E-state index contributed by atoms with van der Waals surface area (Å²) in [4.78, 5) is 40.3. The number of nitrogens with zero attached hydrogens (tertiary/aromatic N) is 1. The zero-order valence-corrected chi connectivity index (χ0v) is 22.1. The van der Waals surface area contributed by atoms with Crippen LogP contribution in [0.4, 0.5) is 18.0 Å². The third-order valence-corrected chi connectivity index (χ3v) is 6.54. The molecule has 1 aliphatic heterocycles. The highest BCUT2D eigenvalue weighted by Gasteiger charge is 2.53. The molecule has 1 heterocycles. The number of carbonyl (C=O) groups excluding carboxylic acids is 3. The molecule has 7 nitrogen and oxygen atoms in total. The molecule has 3 unspecified atom stereocenters. The monoisotopic (exact) mass is 568 g/mol. The molecule has 3 aromatic rings. The molecule has 4 rings (SSSR count). The molecule has 41 heavy (non-hydrogen) atoms. The van der Waals surface area contributed by atoms with E-state index in [-0.39, 0.29) is 21.6 Å². The standard InChI is InChI=1S/C31H29F3NO6/c1-21-12-8-9-17-24(21)27(36)26(28(23-15-6-3-7-16-23)41-25-18-10-11-19-39-25)35(29(37)31(32,33)34)30(38)40-20-22-13-4-2-5-14-22/h2-9,12-17,25-26,28H,1,10-11,18-20H2. The second-order valence-electron chi connectivity index (χ2n) is 9.44. The summed E-state index contributed by atoms with van der Waals surface area (Å²) < 4.78 is 59.2. The summed E-state index contributed by atoms with van der Waals surface area (Å²) >= 11 is 0. The fourth-order valence-corrected chi connectivity index (χ4v) is 4.52. The molecule has 1 saturated heterocycles. The van der Waals surface area contributed by atoms with Gasteiger partial charge >= 0.3 is 18.2 Å². The van der Waals surface area contributed by atoms with Crippen LogP contribution in [0, 0.1) is 6.92 Å². The van der Waals surface area contributed by atoms with Crippen LogP contribution in [0.15, 0.2) is 84.9 Å². The molecule has 2 amide bonds. The molecule has 215 valence electrons. The van der Waals surface area contributed by atoms with E-state index in [2.05, 4.69) is 6.92 Å². The van der Waals surface area contributed by atoms with Crippen LogP contribution in [-0.2, 0) is 25.6 Å². The highest BCUT2D eigenvalue weighted by molar-refractivity contribution is 6.08. The van der Waals surface area contributed by atoms with Crippen molar-refractivity contribution < 1.29 is 41.8 Å². The van der Waals surface area contributed by atoms with E-state index in [1.54, 1.807) is 54.6 Å². The fourth-order valence-electron chi connectivity index (χ4n) is 4.52. The average Bonchev–Trinajstić information content (AvgIpc) is 2.98. The summed E-state index contributed by atoms with van der Waals surface area (Å²) in [5.41, 5.74) is 0.845. The predicted molar refractivity (Wildman–Crippen MR) is 142 cm³/mol. The topological polar surface area (TPSA) is 82.1 Å². The van der Waals surface area contributed by atoms with Gasteiger partial charge in [-0.2, -0.15) is 13.2 Å². The van der Waals surface area contributed by atoms with Crippen molar-refractivity contribution in [1.82, 2.24) is 4.90 Å². The maximum atomic E-state index is 14.1. The van der Waals surface area contributed by atoms with Gasteiger partial charge in [-0.15, -0.1) is 0 Å². The Labute approximate surface area is 235 Å². The van der Waals surface area contributed by atoms with Crippen molar-refractivity contribution in [2.45, 2.75) is 50.5 Å². The van der Waals surface area contributed by atoms with Gasteiger partial charge in [-0.25, -0.2) is 9.69 Å². The Hall–Kier alpha value is -4.02. The number of amides is 2. The molecule has 0 aliphatic carbocycles. The number of benzene rings is 3. The van der Waals surface area contributed by atoms with E-state index in [1.807, 2.05) is 0 Å². The molecule has 3 aromatic carbocycles. The van der Waals surface area contributed by atoms with Crippen molar-refractivity contribution in [1.29, 1.82) is 0 Å². The summed E-state index contributed by atoms with van der Waals surface area (Å²) in [6.07, 6.45) is -7.69. The van der Waals surface area contributed by atoms with Gasteiger partial charge in [0.1, 0.15) is 18.8 Å². The lowest BCUT2D eigenvalue weighted by molar-refractivity contribution is -0.206. The normalized spacial score (nSPS) is 16.8. The third-order valence-electron chi connectivity index (χ3n) is 6.54. The Morgan fingerprint density at radius 1 is 0.927 bits per heavy atom. The van der Waals surface area contributed by atoms with Crippen LogP contribution in [0.3, 0.4) is 0 Å². The van der Waals surface area contributed by atoms with Crippen molar-refractivity contribution in [2.24, 2.45) is 0 Å². The van der Waals surface area contributed by atoms with E-state index in [0.29, 0.717) is 18.6 Å². The predicted octanol–water partition coefficient (Wildman–Crippen LogP) is 6.43. The van der Waals surface area contributed by atoms with Gasteiger partial charge in [0.15, 0.2) is 12.1 Å². The second kappa shape index (κ2) is 13.6. The number of imide groups is 1. The highest BCUT2D eigenvalue weighted by Crippen LogP contribution is 2.34. The van der Waals surface area contributed by atoms with Crippen molar-refractivity contribution in [2.75, 3.05) is 6.61 Å². The van der Waals surface area contributed by atoms with Crippen LogP contribution in [0.5, 0.6) is 0 Å². The zero-order chi connectivity index (χ0) is 29.4. The summed E-state index contributed by atoms with van der Waals surface area (Å²) in [6.45, 7) is 3.73. The van der Waals surface area contributed by atoms with Gasteiger partial charge in [0.2, 0.25) is 0 Å². The molecule has 1 radical (unpaired) electrons. The van der Waals surface area contributed by atoms with Gasteiger partial charge in [0, 0.05) is 12.2 Å². The third kappa shape index (κ3) is 7.59. The summed E-state index contributed by atoms with van der Waals surface area (Å²) in [5.74, 6) is -3.54. The van der Waals surface area contributed by atoms with Gasteiger partial charge in [0.25, 0.3) is 0 Å². The van der Waals surface area contributed by atoms with Crippen LogP contribution >= 0.6 is 0 Å². The van der Waals surface area contributed by atoms with Crippen molar-refractivity contribution in [3.8, 4) is 0 Å². The van der Waals surface area contributed by atoms with Gasteiger partial charge in [-0.05, 0) is 42.9 Å². The number of hydrogen-bond acceptors (Lipinski definition) is 6. The van der Waals surface area contributed by atoms with Crippen LogP contribution in [0.2, 0.25) is 0 Å². The Morgan fingerprint density at radius 3 is 2.17 bits per heavy atom. The maximum absolute atomic E-state index is 14.1. The van der Waals surface area contributed by atoms with Gasteiger partial charge < -0.3 is 14.2 Å². The first-order valence-electron chi connectivity index (χ1n) is 13.0. The number of ether oxygens (including phenoxy) is 3. The quantitative estimate of drug-likeness (QED) is 0.277. The Bertz CT molecular complexity index is 1330. The first-order chi connectivity index (χ1) is 19.7. The van der Waals surface area contributed by atoms with E-state index in [0.717, 1.165) is 12.8 Å². The van der Waals surface area contributed by atoms with Crippen LogP contribution in [0.1, 0.15) is 52.4 Å². The first-order valence-corrected chi connectivity index (χ1v) is 13.0. The van der Waals surface area contributed by atoms with Crippen molar-refractivity contribution in [3.63, 3.8) is 0 Å². The summed E-state index contributed by atoms with van der Waals surface area (Å²) in [7, 11) is 0. The Kier molecular flexibility index (Phi) is 9.91. The Balaban J connectivity index is 1.84. The molecule has 1 fully saturated rings. The van der Waals surface area contributed by atoms with Crippen molar-refractivity contribution >= 4 is 17.8 Å². The maximum Gasteiger partial charge on any atom is 0.471 e. The zero-order valence-electron chi connectivity index (χ0n) is 22.1. The lowest BCUT2D eigenvalue weighted by atomic mass is 9.91. The van der Waals surface area contributed by atoms with Gasteiger partial charge in [0.05, 0.1) is 0 Å². The molecule has 0 spiro atoms. The second-order valence-corrected chi connectivity index (χ2v) is 9.44. The number of carbonyl (C=O) groups is 3. The largest absolute Gasteiger partial charge is 0.471 e. The molecule has 10 heteroatoms. The lowest BCUT2D eigenvalue weighted by Crippen LogP contribution is -2.56. The van der Waals surface area contributed by atoms with E-state index >= 15 is 0 Å². The first kappa shape index (κ1) is 30.0. The number of ketones is 1. The van der Waals surface area contributed by atoms with Gasteiger partial charge in [-0.3, -0.25) is 9.59 Å². The minimum Gasteiger partial charge on any atom is -0.444 e. The minimum atomic E-state index is -5.52. The number of halogens is 3. The number of Topliss-reactive ketones (excluding diaryl/α,β-unsaturated/α-hetero) is 1. The number of rotatable bonds is 9. The van der Waals surface area contributed by atoms with Crippen LogP contribution in [0.25, 0.3) is 0 Å². The van der Waals surface area contributed by atoms with Gasteiger partial charge in [-0.1, -0.05) is 84.9 Å². The minimum absolute atomic E-state index is 0.0811. The molecule has 0 bridgehead atoms. The Morgan fingerprint density at radius 2 is 1.56 bits per heavy atom. The molecule has 0 saturated carbocycles. The summed E-state index contributed by atoms with van der Waals surface area (Å²) in [5, 5.41) is 0. The molecular weight excluding hydrogens is 539 g/mol. The lowest BCUT2D eigenvalue weighted by Gasteiger charge is -2.37. The molecule has 0 N–H and O–H groups in total. The van der Waals surface area contributed by atoms with E-state index in [4.69, 9.17) is 14.2 Å².